The van der Waals surface area contributed by atoms with Crippen LogP contribution in [0.25, 0.3) is 0 Å². The molecule has 3 N–H and O–H groups in total. The zero-order valence-electron chi connectivity index (χ0n) is 7.68. The fraction of sp³-hybridized carbons (Fsp3) is 1.00. The van der Waals surface area contributed by atoms with Crippen molar-refractivity contribution in [2.75, 3.05) is 13.2 Å². The van der Waals surface area contributed by atoms with Crippen molar-refractivity contribution in [2.24, 2.45) is 0 Å². The first kappa shape index (κ1) is 16.3. The Morgan fingerprint density at radius 3 is 1.92 bits per heavy atom. The topological polar surface area (TPSA) is 94.8 Å². The summed E-state index contributed by atoms with van der Waals surface area (Å²) >= 11 is 0. The first-order valence-corrected chi connectivity index (χ1v) is 5.20. The predicted molar refractivity (Wildman–Crippen MR) is 43.4 cm³/mol. The van der Waals surface area contributed by atoms with Crippen LogP contribution in [0, 0.1) is 0 Å². The summed E-state index contributed by atoms with van der Waals surface area (Å²) in [5.74, 6) is 0. The van der Waals surface area contributed by atoms with Crippen LogP contribution in [-0.2, 0) is 10.1 Å². The molecule has 13 heavy (non-hydrogen) atoms. The van der Waals surface area contributed by atoms with Crippen LogP contribution in [0.15, 0.2) is 0 Å². The smallest absolute Gasteiger partial charge is 0.396 e. The van der Waals surface area contributed by atoms with Crippen molar-refractivity contribution in [3.63, 3.8) is 0 Å². The maximum Gasteiger partial charge on any atom is 1.00 e. The van der Waals surface area contributed by atoms with Gasteiger partial charge in [-0.1, -0.05) is 0 Å². The van der Waals surface area contributed by atoms with Crippen LogP contribution in [-0.4, -0.2) is 41.6 Å². The summed E-state index contributed by atoms with van der Waals surface area (Å²) in [4.78, 5) is 0. The first-order chi connectivity index (χ1) is 5.52. The van der Waals surface area contributed by atoms with E-state index in [0.717, 1.165) is 0 Å². The molecule has 0 saturated heterocycles. The van der Waals surface area contributed by atoms with Crippen LogP contribution >= 0.6 is 0 Å². The fourth-order valence-corrected chi connectivity index (χ4v) is 1.77. The Kier molecular flexibility index (Phi) is 10.2. The molecule has 74 valence electrons. The van der Waals surface area contributed by atoms with Crippen LogP contribution in [0.3, 0.4) is 0 Å². The summed E-state index contributed by atoms with van der Waals surface area (Å²) in [5, 5.41) is 15.9. The molecule has 5 nitrogen and oxygen atoms in total. The summed E-state index contributed by atoms with van der Waals surface area (Å²) < 4.78 is 29.8. The zero-order chi connectivity index (χ0) is 9.61. The van der Waals surface area contributed by atoms with Crippen LogP contribution < -0.4 is 29.6 Å². The molecule has 0 spiro atoms. The summed E-state index contributed by atoms with van der Waals surface area (Å²) in [6.07, 6.45) is 0.499. The van der Waals surface area contributed by atoms with E-state index in [1.165, 1.54) is 0 Å². The molecule has 0 bridgehead atoms. The number of aliphatic hydroxyl groups is 2. The van der Waals surface area contributed by atoms with E-state index in [-0.39, 0.29) is 55.6 Å². The van der Waals surface area contributed by atoms with Gasteiger partial charge in [-0.05, 0) is 19.3 Å². The molecule has 1 atom stereocenters. The van der Waals surface area contributed by atoms with E-state index < -0.39 is 15.4 Å². The minimum Gasteiger partial charge on any atom is -0.396 e. The number of aliphatic hydroxyl groups excluding tert-OH is 2. The predicted octanol–water partition coefficient (Wildman–Crippen LogP) is -3.60. The molecule has 0 aromatic carbocycles. The molecule has 0 aliphatic carbocycles. The van der Waals surface area contributed by atoms with Crippen LogP contribution in [0.2, 0.25) is 0 Å². The Morgan fingerprint density at radius 1 is 1.08 bits per heavy atom. The molecule has 0 heterocycles. The standard InChI is InChI=1S/C6H14O5S.Na/c7-4-1-2-6(3-5-8)12(9,10)11;/h6-8H,1-5H2,(H,9,10,11);/q;+1. The molecule has 0 rings (SSSR count). The molecule has 7 heteroatoms. The molecule has 0 aliphatic heterocycles. The Hall–Kier alpha value is 0.830. The number of hydrogen-bond acceptors (Lipinski definition) is 4. The van der Waals surface area contributed by atoms with Gasteiger partial charge in [0.1, 0.15) is 0 Å². The van der Waals surface area contributed by atoms with E-state index >= 15 is 0 Å². The summed E-state index contributed by atoms with van der Waals surface area (Å²) in [7, 11) is -4.07. The molecule has 0 radical (unpaired) electrons. The third kappa shape index (κ3) is 7.87. The summed E-state index contributed by atoms with van der Waals surface area (Å²) in [5.41, 5.74) is 0. The van der Waals surface area contributed by atoms with E-state index in [4.69, 9.17) is 14.8 Å². The minimum absolute atomic E-state index is 0. The Labute approximate surface area is 100 Å². The van der Waals surface area contributed by atoms with Gasteiger partial charge in [-0.3, -0.25) is 4.55 Å². The van der Waals surface area contributed by atoms with Crippen LogP contribution in [0.1, 0.15) is 19.3 Å². The molecule has 0 fully saturated rings. The first-order valence-electron chi connectivity index (χ1n) is 3.70. The van der Waals surface area contributed by atoms with E-state index in [1.54, 1.807) is 0 Å². The molecule has 0 aromatic rings. The van der Waals surface area contributed by atoms with Gasteiger partial charge in [-0.2, -0.15) is 8.42 Å². The molecule has 0 aliphatic rings. The van der Waals surface area contributed by atoms with Crippen molar-refractivity contribution in [1.82, 2.24) is 0 Å². The second-order valence-corrected chi connectivity index (χ2v) is 4.21. The van der Waals surface area contributed by atoms with Crippen molar-refractivity contribution in [2.45, 2.75) is 24.5 Å². The van der Waals surface area contributed by atoms with Gasteiger partial charge in [0.05, 0.1) is 5.25 Å². The molecular weight excluding hydrogens is 207 g/mol. The SMILES string of the molecule is O=S(=O)(O)C(CCO)CCCO.[Na+]. The largest absolute Gasteiger partial charge is 1.00 e. The van der Waals surface area contributed by atoms with E-state index in [2.05, 4.69) is 0 Å². The Morgan fingerprint density at radius 2 is 1.62 bits per heavy atom. The van der Waals surface area contributed by atoms with E-state index in [0.29, 0.717) is 6.42 Å². The second kappa shape index (κ2) is 8.16. The third-order valence-electron chi connectivity index (χ3n) is 1.56. The van der Waals surface area contributed by atoms with Crippen molar-refractivity contribution < 1.29 is 52.7 Å². The second-order valence-electron chi connectivity index (χ2n) is 2.52. The molecule has 1 unspecified atom stereocenters. The van der Waals surface area contributed by atoms with E-state index in [9.17, 15) is 8.42 Å². The molecule has 0 aromatic heterocycles. The van der Waals surface area contributed by atoms with Crippen molar-refractivity contribution >= 4 is 10.1 Å². The van der Waals surface area contributed by atoms with Gasteiger partial charge in [-0.25, -0.2) is 0 Å². The van der Waals surface area contributed by atoms with Gasteiger partial charge >= 0.3 is 29.6 Å². The third-order valence-corrected chi connectivity index (χ3v) is 2.87. The van der Waals surface area contributed by atoms with Gasteiger partial charge in [0.2, 0.25) is 0 Å². The summed E-state index contributed by atoms with van der Waals surface area (Å²) in [6.45, 7) is -0.396. The Bertz CT molecular complexity index is 203. The van der Waals surface area contributed by atoms with Gasteiger partial charge < -0.3 is 10.2 Å². The molecule has 0 saturated carbocycles. The zero-order valence-corrected chi connectivity index (χ0v) is 10.5. The monoisotopic (exact) mass is 221 g/mol. The Balaban J connectivity index is 0. The van der Waals surface area contributed by atoms with Crippen molar-refractivity contribution in [3.8, 4) is 0 Å². The maximum atomic E-state index is 10.6. The van der Waals surface area contributed by atoms with Crippen molar-refractivity contribution in [1.29, 1.82) is 0 Å². The van der Waals surface area contributed by atoms with Gasteiger partial charge in [-0.15, -0.1) is 0 Å². The average Bonchev–Trinajstić information content (AvgIpc) is 1.95. The normalized spacial score (nSPS) is 13.5. The maximum absolute atomic E-state index is 10.6. The fourth-order valence-electron chi connectivity index (χ4n) is 0.905. The minimum atomic E-state index is -4.07. The average molecular weight is 221 g/mol. The molecular formula is C6H14NaO5S+. The van der Waals surface area contributed by atoms with Gasteiger partial charge in [0.15, 0.2) is 0 Å². The number of rotatable bonds is 6. The van der Waals surface area contributed by atoms with Crippen LogP contribution in [0.5, 0.6) is 0 Å². The van der Waals surface area contributed by atoms with E-state index in [1.807, 2.05) is 0 Å². The van der Waals surface area contributed by atoms with Crippen molar-refractivity contribution in [3.05, 3.63) is 0 Å². The number of hydrogen-bond donors (Lipinski definition) is 3. The van der Waals surface area contributed by atoms with Gasteiger partial charge in [0.25, 0.3) is 10.1 Å². The van der Waals surface area contributed by atoms with Gasteiger partial charge in [0, 0.05) is 13.2 Å². The summed E-state index contributed by atoms with van der Waals surface area (Å²) in [6, 6.07) is 0. The van der Waals surface area contributed by atoms with Crippen LogP contribution in [0.4, 0.5) is 0 Å². The quantitative estimate of drug-likeness (QED) is 0.318. The molecule has 0 amide bonds.